The largest absolute Gasteiger partial charge is 0.463 e. The highest BCUT2D eigenvalue weighted by Gasteiger charge is 2.42. The quantitative estimate of drug-likeness (QED) is 0.610. The smallest absolute Gasteiger partial charge is 0.313 e. The molecule has 1 heterocycles. The van der Waals surface area contributed by atoms with Gasteiger partial charge in [-0.2, -0.15) is 0 Å². The summed E-state index contributed by atoms with van der Waals surface area (Å²) in [6, 6.07) is 16.2. The number of benzene rings is 2. The van der Waals surface area contributed by atoms with Gasteiger partial charge in [0.2, 0.25) is 0 Å². The molecule has 0 bridgehead atoms. The first kappa shape index (κ1) is 20.4. The number of rotatable bonds is 7. The second-order valence-corrected chi connectivity index (χ2v) is 8.69. The number of carbonyl (C=O) groups is 1. The Balaban J connectivity index is 1.80. The molecule has 2 atom stereocenters. The molecule has 0 saturated heterocycles. The summed E-state index contributed by atoms with van der Waals surface area (Å²) in [6.07, 6.45) is 0.464. The molecule has 3 aromatic rings. The molecule has 5 heteroatoms. The van der Waals surface area contributed by atoms with E-state index in [0.717, 1.165) is 11.0 Å². The van der Waals surface area contributed by atoms with Gasteiger partial charge in [0.25, 0.3) is 0 Å². The van der Waals surface area contributed by atoms with Crippen molar-refractivity contribution in [1.82, 2.24) is 4.57 Å². The summed E-state index contributed by atoms with van der Waals surface area (Å²) in [4.78, 5) is 12.9. The van der Waals surface area contributed by atoms with Crippen LogP contribution in [-0.4, -0.2) is 28.7 Å². The van der Waals surface area contributed by atoms with Gasteiger partial charge in [0.15, 0.2) is 0 Å². The molecule has 0 spiro atoms. The van der Waals surface area contributed by atoms with Crippen LogP contribution in [0.1, 0.15) is 34.1 Å². The van der Waals surface area contributed by atoms with Crippen molar-refractivity contribution >= 4 is 27.8 Å². The van der Waals surface area contributed by atoms with E-state index in [0.29, 0.717) is 13.0 Å². The van der Waals surface area contributed by atoms with Crippen molar-refractivity contribution in [1.29, 1.82) is 0 Å². The monoisotopic (exact) mass is 381 g/mol. The molecule has 0 saturated carbocycles. The molecule has 150 valence electrons. The van der Waals surface area contributed by atoms with Crippen molar-refractivity contribution in [2.75, 3.05) is 6.61 Å². The van der Waals surface area contributed by atoms with Gasteiger partial charge in [-0.05, 0) is 46.2 Å². The number of para-hydroxylation sites is 2. The molecule has 0 fully saturated rings. The minimum Gasteiger partial charge on any atom is -0.463 e. The average Bonchev–Trinajstić information content (AvgIpc) is 2.94. The number of hydrogen-bond donors (Lipinski definition) is 2. The Morgan fingerprint density at radius 1 is 1.04 bits per heavy atom. The van der Waals surface area contributed by atoms with E-state index in [2.05, 4.69) is 28.8 Å². The van der Waals surface area contributed by atoms with Crippen LogP contribution in [0.25, 0.3) is 21.8 Å². The first-order chi connectivity index (χ1) is 13.1. The molecule has 0 radical (unpaired) electrons. The number of hydrogen-bond acceptors (Lipinski definition) is 4. The van der Waals surface area contributed by atoms with Gasteiger partial charge in [-0.25, -0.2) is 0 Å². The maximum atomic E-state index is 12.9. The number of carbonyl (C=O) groups excluding carboxylic acids is 1. The van der Waals surface area contributed by atoms with Crippen LogP contribution in [0.15, 0.2) is 48.5 Å². The van der Waals surface area contributed by atoms with Crippen molar-refractivity contribution in [3.05, 3.63) is 48.5 Å². The molecule has 28 heavy (non-hydrogen) atoms. The van der Waals surface area contributed by atoms with Crippen LogP contribution in [0.4, 0.5) is 0 Å². The summed E-state index contributed by atoms with van der Waals surface area (Å²) in [7, 11) is 0. The molecule has 0 amide bonds. The Labute approximate surface area is 166 Å². The fraction of sp³-hybridized carbons (Fsp3) is 0.435. The van der Waals surface area contributed by atoms with E-state index in [1.165, 1.54) is 10.8 Å². The van der Waals surface area contributed by atoms with E-state index in [1.54, 1.807) is 0 Å². The Hall–Kier alpha value is -2.37. The molecule has 4 N–H and O–H groups in total. The standard InChI is InChI=1S/C23H31N3O2/c1-16(24)23(4,15-22(2,3)25)21(27)28-14-13-26-19-11-7-5-9-17(19)18-10-6-8-12-20(18)26/h5-12,16H,13-15,24-25H2,1-4H3. The van der Waals surface area contributed by atoms with Gasteiger partial charge < -0.3 is 20.8 Å². The zero-order valence-corrected chi connectivity index (χ0v) is 17.2. The summed E-state index contributed by atoms with van der Waals surface area (Å²) in [5.41, 5.74) is 13.2. The minimum atomic E-state index is -0.820. The Morgan fingerprint density at radius 2 is 1.54 bits per heavy atom. The fourth-order valence-corrected chi connectivity index (χ4v) is 4.00. The SMILES string of the molecule is CC(N)C(C)(CC(C)(C)N)C(=O)OCCn1c2ccccc2c2ccccc21. The molecule has 0 aliphatic rings. The molecule has 5 nitrogen and oxygen atoms in total. The van der Waals surface area contributed by atoms with Crippen LogP contribution in [-0.2, 0) is 16.1 Å². The zero-order valence-electron chi connectivity index (χ0n) is 17.2. The maximum Gasteiger partial charge on any atom is 0.313 e. The third-order valence-corrected chi connectivity index (χ3v) is 5.52. The number of nitrogens with two attached hydrogens (primary N) is 2. The van der Waals surface area contributed by atoms with E-state index < -0.39 is 11.0 Å². The Bertz CT molecular complexity index is 931. The van der Waals surface area contributed by atoms with Crippen LogP contribution in [0.5, 0.6) is 0 Å². The first-order valence-electron chi connectivity index (χ1n) is 9.81. The lowest BCUT2D eigenvalue weighted by molar-refractivity contribution is -0.157. The lowest BCUT2D eigenvalue weighted by Gasteiger charge is -2.36. The van der Waals surface area contributed by atoms with E-state index in [4.69, 9.17) is 16.2 Å². The summed E-state index contributed by atoms with van der Waals surface area (Å²) < 4.78 is 7.89. The number of aromatic nitrogens is 1. The minimum absolute atomic E-state index is 0.287. The van der Waals surface area contributed by atoms with E-state index in [1.807, 2.05) is 52.0 Å². The van der Waals surface area contributed by atoms with Gasteiger partial charge in [-0.3, -0.25) is 4.79 Å². The van der Waals surface area contributed by atoms with Crippen LogP contribution in [0.2, 0.25) is 0 Å². The summed E-state index contributed by atoms with van der Waals surface area (Å²) in [6.45, 7) is 8.35. The summed E-state index contributed by atoms with van der Waals surface area (Å²) >= 11 is 0. The van der Waals surface area contributed by atoms with Crippen LogP contribution in [0.3, 0.4) is 0 Å². The maximum absolute atomic E-state index is 12.9. The van der Waals surface area contributed by atoms with Crippen LogP contribution in [0, 0.1) is 5.41 Å². The van der Waals surface area contributed by atoms with E-state index in [9.17, 15) is 4.79 Å². The second-order valence-electron chi connectivity index (χ2n) is 8.69. The molecule has 0 aliphatic carbocycles. The van der Waals surface area contributed by atoms with Crippen molar-refractivity contribution < 1.29 is 9.53 Å². The van der Waals surface area contributed by atoms with Crippen LogP contribution < -0.4 is 11.5 Å². The molecule has 2 unspecified atom stereocenters. The molecule has 0 aliphatic heterocycles. The third kappa shape index (κ3) is 3.91. The van der Waals surface area contributed by atoms with Crippen molar-refractivity contribution in [3.63, 3.8) is 0 Å². The second kappa shape index (κ2) is 7.57. The Kier molecular flexibility index (Phi) is 5.50. The predicted octanol–water partition coefficient (Wildman–Crippen LogP) is 3.82. The number of nitrogens with zero attached hydrogens (tertiary/aromatic N) is 1. The highest BCUT2D eigenvalue weighted by atomic mass is 16.5. The number of ether oxygens (including phenoxy) is 1. The van der Waals surface area contributed by atoms with Crippen molar-refractivity contribution in [2.24, 2.45) is 16.9 Å². The number of fused-ring (bicyclic) bond motifs is 3. The van der Waals surface area contributed by atoms with Gasteiger partial charge in [-0.1, -0.05) is 36.4 Å². The summed E-state index contributed by atoms with van der Waals surface area (Å²) in [5.74, 6) is -0.290. The van der Waals surface area contributed by atoms with E-state index in [-0.39, 0.29) is 18.6 Å². The van der Waals surface area contributed by atoms with E-state index >= 15 is 0 Å². The normalized spacial score (nSPS) is 15.5. The van der Waals surface area contributed by atoms with Gasteiger partial charge in [0.05, 0.1) is 12.0 Å². The van der Waals surface area contributed by atoms with Gasteiger partial charge in [0.1, 0.15) is 6.61 Å². The van der Waals surface area contributed by atoms with Gasteiger partial charge in [-0.15, -0.1) is 0 Å². The van der Waals surface area contributed by atoms with Crippen LogP contribution >= 0.6 is 0 Å². The lowest BCUT2D eigenvalue weighted by Crippen LogP contribution is -2.51. The van der Waals surface area contributed by atoms with Gasteiger partial charge in [0, 0.05) is 33.4 Å². The molecular weight excluding hydrogens is 350 g/mol. The topological polar surface area (TPSA) is 83.3 Å². The number of esters is 1. The molecule has 3 rings (SSSR count). The first-order valence-corrected chi connectivity index (χ1v) is 9.81. The fourth-order valence-electron chi connectivity index (χ4n) is 4.00. The molecule has 2 aromatic carbocycles. The zero-order chi connectivity index (χ0) is 20.5. The highest BCUT2D eigenvalue weighted by molar-refractivity contribution is 6.07. The predicted molar refractivity (Wildman–Crippen MR) is 115 cm³/mol. The summed E-state index contributed by atoms with van der Waals surface area (Å²) in [5, 5.41) is 2.41. The molecular formula is C23H31N3O2. The molecule has 1 aromatic heterocycles. The highest BCUT2D eigenvalue weighted by Crippen LogP contribution is 2.32. The lowest BCUT2D eigenvalue weighted by atomic mass is 9.74. The third-order valence-electron chi connectivity index (χ3n) is 5.52. The average molecular weight is 382 g/mol. The van der Waals surface area contributed by atoms with Crippen molar-refractivity contribution in [2.45, 2.75) is 52.2 Å². The van der Waals surface area contributed by atoms with Gasteiger partial charge >= 0.3 is 5.97 Å². The van der Waals surface area contributed by atoms with Crippen molar-refractivity contribution in [3.8, 4) is 0 Å². The Morgan fingerprint density at radius 3 is 2.00 bits per heavy atom.